The maximum Gasteiger partial charge on any atom is 1.00 e. The number of hydrogen-bond acceptors (Lipinski definition) is 17. The average Bonchev–Trinajstić information content (AvgIpc) is 3.07. The van der Waals surface area contributed by atoms with Crippen LogP contribution in [0.4, 0.5) is 0 Å². The molecule has 1 aromatic heterocycles. The Morgan fingerprint density at radius 3 is 2.24 bits per heavy atom. The molecule has 206 valence electrons. The van der Waals surface area contributed by atoms with Crippen molar-refractivity contribution < 1.29 is 132 Å². The number of nitrogens with zero attached hydrogens (tertiary/aromatic N) is 1. The van der Waals surface area contributed by atoms with E-state index in [-0.39, 0.29) is 65.4 Å². The Labute approximate surface area is 256 Å². The minimum absolute atomic E-state index is 0. The molecule has 1 fully saturated rings. The second-order valence-electron chi connectivity index (χ2n) is 7.27. The van der Waals surface area contributed by atoms with E-state index in [9.17, 15) is 63.9 Å². The Kier molecular flexibility index (Phi) is 16.2. The van der Waals surface area contributed by atoms with Gasteiger partial charge >= 0.3 is 72.6 Å². The summed E-state index contributed by atoms with van der Waals surface area (Å²) >= 11 is 0. The Hall–Kier alpha value is 0.330. The van der Waals surface area contributed by atoms with Crippen molar-refractivity contribution >= 4 is 21.9 Å². The molecule has 1 aliphatic rings. The summed E-state index contributed by atoms with van der Waals surface area (Å²) in [6.07, 6.45) is -15.6. The van der Waals surface area contributed by atoms with Crippen LogP contribution in [-0.4, -0.2) is 102 Å². The third kappa shape index (κ3) is 10.3. The fourth-order valence-electron chi connectivity index (χ4n) is 2.96. The van der Waals surface area contributed by atoms with Gasteiger partial charge < -0.3 is 54.5 Å². The van der Waals surface area contributed by atoms with E-state index in [1.54, 1.807) is 0 Å². The normalized spacial score (nSPS) is 26.2. The monoisotopic (exact) mass is 610 g/mol. The fraction of sp³-hybridized carbons (Fsp3) is 0.667. The molecule has 9 unspecified atom stereocenters. The van der Waals surface area contributed by atoms with Gasteiger partial charge in [-0.3, -0.25) is 27.7 Å². The molecule has 38 heavy (non-hydrogen) atoms. The Morgan fingerprint density at radius 2 is 1.74 bits per heavy atom. The van der Waals surface area contributed by atoms with E-state index in [0.29, 0.717) is 4.57 Å². The number of carbonyl (C=O) groups excluding carboxylic acids is 1. The zero-order chi connectivity index (χ0) is 27.4. The predicted octanol–water partition coefficient (Wildman–Crippen LogP) is -12.2. The summed E-state index contributed by atoms with van der Waals surface area (Å²) in [5.41, 5.74) is -1.84. The van der Waals surface area contributed by atoms with E-state index in [1.165, 1.54) is 0 Å². The van der Waals surface area contributed by atoms with Gasteiger partial charge in [-0.2, -0.15) is 0 Å². The molecule has 1 aromatic rings. The molecule has 0 radical (unpaired) electrons. The van der Waals surface area contributed by atoms with Gasteiger partial charge in [-0.15, -0.1) is 0 Å². The summed E-state index contributed by atoms with van der Waals surface area (Å²) in [6, 6.07) is 0.889. The molecule has 19 nitrogen and oxygen atoms in total. The number of phosphoric ester groups is 1. The van der Waals surface area contributed by atoms with Crippen LogP contribution in [0, 0.1) is 0 Å². The van der Waals surface area contributed by atoms with Crippen molar-refractivity contribution in [2.45, 2.75) is 49.0 Å². The third-order valence-corrected chi connectivity index (χ3v) is 7.32. The van der Waals surface area contributed by atoms with Gasteiger partial charge in [-0.1, -0.05) is 0 Å². The van der Waals surface area contributed by atoms with Crippen molar-refractivity contribution in [3.05, 3.63) is 33.1 Å². The van der Waals surface area contributed by atoms with Gasteiger partial charge in [-0.05, 0) is 0 Å². The number of phosphoric acid groups is 2. The molecule has 0 saturated carbocycles. The molecule has 0 amide bonds. The van der Waals surface area contributed by atoms with E-state index < -0.39 is 89.1 Å². The second-order valence-corrected chi connectivity index (χ2v) is 10.2. The first kappa shape index (κ1) is 38.3. The van der Waals surface area contributed by atoms with Crippen LogP contribution in [0.2, 0.25) is 0 Å². The molecule has 0 spiro atoms. The van der Waals surface area contributed by atoms with E-state index in [1.807, 2.05) is 4.98 Å². The molecule has 7 N–H and O–H groups in total. The number of H-pyrrole nitrogens is 1. The number of ether oxygens (including phenoxy) is 1. The zero-order valence-corrected chi connectivity index (χ0v) is 25.6. The van der Waals surface area contributed by atoms with Gasteiger partial charge in [0.1, 0.15) is 42.7 Å². The Morgan fingerprint density at radius 1 is 1.13 bits per heavy atom. The van der Waals surface area contributed by atoms with Gasteiger partial charge in [0.05, 0.1) is 21.0 Å². The third-order valence-electron chi connectivity index (χ3n) is 4.72. The zero-order valence-electron chi connectivity index (χ0n) is 19.8. The van der Waals surface area contributed by atoms with Crippen LogP contribution >= 0.6 is 15.6 Å². The summed E-state index contributed by atoms with van der Waals surface area (Å²) in [7, 11) is -11.8. The minimum Gasteiger partial charge on any atom is -0.789 e. The van der Waals surface area contributed by atoms with Crippen LogP contribution in [0.5, 0.6) is 0 Å². The molecule has 2 rings (SSSR count). The molecule has 0 aromatic carbocycles. The van der Waals surface area contributed by atoms with Crippen molar-refractivity contribution in [1.29, 1.82) is 0 Å². The largest absolute Gasteiger partial charge is 1.00 e. The number of aromatic amines is 1. The number of nitrogens with one attached hydrogen (secondary N) is 1. The predicted molar refractivity (Wildman–Crippen MR) is 106 cm³/mol. The molecule has 2 heterocycles. The van der Waals surface area contributed by atoms with Crippen LogP contribution in [0.3, 0.4) is 0 Å². The smallest absolute Gasteiger partial charge is 0.789 e. The van der Waals surface area contributed by atoms with Crippen molar-refractivity contribution in [2.75, 3.05) is 13.2 Å². The first-order chi connectivity index (χ1) is 16.6. The second kappa shape index (κ2) is 16.1. The first-order valence-corrected chi connectivity index (χ1v) is 12.6. The van der Waals surface area contributed by atoms with Crippen molar-refractivity contribution in [3.8, 4) is 0 Å². The number of aromatic nitrogens is 2. The van der Waals surface area contributed by atoms with Crippen LogP contribution in [0.15, 0.2) is 21.9 Å². The number of carbonyl (C=O) groups is 1. The van der Waals surface area contributed by atoms with Crippen LogP contribution < -0.4 is 80.2 Å². The Balaban J connectivity index is 0.00000684. The molecular weight excluding hydrogens is 588 g/mol. The summed E-state index contributed by atoms with van der Waals surface area (Å²) in [6.45, 7) is -2.50. The van der Waals surface area contributed by atoms with E-state index >= 15 is 0 Å². The standard InChI is InChI=1S/C15H24N2O17P2.2Na/c18-3-6(20)10(22)11(23)7(4-19)33-36(30,34-35(27,28)29)31-5-8-12(24)13(25)14(32-8)17-2-1-9(21)16-15(17)26;;/h1-3,6-8,10-14,19-20,22-25H,4-5H2,(H,16,21,26)(H2,27,28,29);;/q;2*+1/p-2. The summed E-state index contributed by atoms with van der Waals surface area (Å²) in [4.78, 5) is 57.7. The molecule has 1 aliphatic heterocycles. The summed E-state index contributed by atoms with van der Waals surface area (Å²) in [5, 5.41) is 58.6. The SMILES string of the molecule is O=CC(O)C(O)C(O)C(CO)OP(=O)(OCC1OC(n2ccc(=O)[nH]c2=O)C(O)C1O)OP(=O)([O-])[O-].[Na+].[Na+]. The Bertz CT molecular complexity index is 1110. The molecule has 1 saturated heterocycles. The molecule has 9 atom stereocenters. The van der Waals surface area contributed by atoms with Crippen LogP contribution in [-0.2, 0) is 32.0 Å². The number of aliphatic hydroxyl groups is 6. The first-order valence-electron chi connectivity index (χ1n) is 9.72. The van der Waals surface area contributed by atoms with Crippen molar-refractivity contribution in [2.24, 2.45) is 0 Å². The fourth-order valence-corrected chi connectivity index (χ4v) is 5.19. The van der Waals surface area contributed by atoms with Gasteiger partial charge in [0, 0.05) is 12.3 Å². The van der Waals surface area contributed by atoms with Gasteiger partial charge in [0.25, 0.3) is 5.56 Å². The van der Waals surface area contributed by atoms with Crippen molar-refractivity contribution in [1.82, 2.24) is 9.55 Å². The minimum atomic E-state index is -6.17. The molecule has 0 aliphatic carbocycles. The van der Waals surface area contributed by atoms with Crippen molar-refractivity contribution in [3.63, 3.8) is 0 Å². The molecule has 23 heteroatoms. The van der Waals surface area contributed by atoms with E-state index in [4.69, 9.17) is 4.74 Å². The average molecular weight is 610 g/mol. The maximum atomic E-state index is 12.8. The van der Waals surface area contributed by atoms with Crippen LogP contribution in [0.1, 0.15) is 6.23 Å². The number of hydrogen-bond donors (Lipinski definition) is 7. The van der Waals surface area contributed by atoms with Gasteiger partial charge in [0.15, 0.2) is 12.5 Å². The van der Waals surface area contributed by atoms with Crippen LogP contribution in [0.25, 0.3) is 0 Å². The van der Waals surface area contributed by atoms with E-state index in [0.717, 1.165) is 12.3 Å². The molecular formula is C15H22N2Na2O17P2. The maximum absolute atomic E-state index is 12.8. The number of rotatable bonds is 13. The number of aldehydes is 1. The van der Waals surface area contributed by atoms with Gasteiger partial charge in [-0.25, -0.2) is 9.36 Å². The quantitative estimate of drug-likeness (QED) is 0.0619. The summed E-state index contributed by atoms with van der Waals surface area (Å²) in [5.74, 6) is 0. The number of aliphatic hydroxyl groups excluding tert-OH is 6. The van der Waals surface area contributed by atoms with E-state index in [2.05, 4.69) is 13.4 Å². The topological polar surface area (TPSA) is 310 Å². The summed E-state index contributed by atoms with van der Waals surface area (Å²) < 4.78 is 42.7. The molecule has 0 bridgehead atoms. The van der Waals surface area contributed by atoms with Gasteiger partial charge in [0.2, 0.25) is 0 Å².